The van der Waals surface area contributed by atoms with Crippen molar-refractivity contribution in [2.24, 2.45) is 0 Å². The van der Waals surface area contributed by atoms with Crippen molar-refractivity contribution in [3.8, 4) is 5.75 Å². The van der Waals surface area contributed by atoms with Crippen molar-refractivity contribution in [2.75, 3.05) is 13.7 Å². The number of hydrogen-bond donors (Lipinski definition) is 1. The molecule has 0 fully saturated rings. The Morgan fingerprint density at radius 2 is 1.70 bits per heavy atom. The summed E-state index contributed by atoms with van der Waals surface area (Å²) in [6, 6.07) is 12.1. The lowest BCUT2D eigenvalue weighted by molar-refractivity contribution is -0.140. The van der Waals surface area contributed by atoms with Crippen molar-refractivity contribution >= 4 is 35.0 Å². The largest absolute Gasteiger partial charge is 0.497 e. The summed E-state index contributed by atoms with van der Waals surface area (Å²) in [5.74, 6) is 0.443. The van der Waals surface area contributed by atoms with E-state index in [0.29, 0.717) is 29.6 Å². The van der Waals surface area contributed by atoms with Crippen molar-refractivity contribution in [2.45, 2.75) is 45.7 Å². The Morgan fingerprint density at radius 1 is 1.03 bits per heavy atom. The van der Waals surface area contributed by atoms with E-state index in [1.54, 1.807) is 30.2 Å². The fourth-order valence-electron chi connectivity index (χ4n) is 3.14. The quantitative estimate of drug-likeness (QED) is 0.560. The van der Waals surface area contributed by atoms with Crippen molar-refractivity contribution in [3.63, 3.8) is 0 Å². The molecule has 0 aliphatic heterocycles. The lowest BCUT2D eigenvalue weighted by Gasteiger charge is -2.31. The number of ether oxygens (including phenoxy) is 1. The minimum absolute atomic E-state index is 0.130. The SMILES string of the molecule is CCCNC(=O)[C@H](CC)N(Cc1ccc(OC)cc1)C(=O)Cc1ccc(Cl)c(Cl)c1. The monoisotopic (exact) mass is 450 g/mol. The molecule has 162 valence electrons. The topological polar surface area (TPSA) is 58.6 Å². The Hall–Kier alpha value is -2.24. The van der Waals surface area contributed by atoms with Crippen LogP contribution in [0.3, 0.4) is 0 Å². The number of halogens is 2. The molecule has 0 saturated carbocycles. The fraction of sp³-hybridized carbons (Fsp3) is 0.391. The van der Waals surface area contributed by atoms with E-state index >= 15 is 0 Å². The van der Waals surface area contributed by atoms with E-state index in [4.69, 9.17) is 27.9 Å². The van der Waals surface area contributed by atoms with Crippen LogP contribution in [0.2, 0.25) is 10.0 Å². The number of nitrogens with zero attached hydrogens (tertiary/aromatic N) is 1. The zero-order valence-electron chi connectivity index (χ0n) is 17.6. The third kappa shape index (κ3) is 6.64. The first-order valence-electron chi connectivity index (χ1n) is 10.0. The summed E-state index contributed by atoms with van der Waals surface area (Å²) < 4.78 is 5.20. The minimum Gasteiger partial charge on any atom is -0.497 e. The third-order valence-electron chi connectivity index (χ3n) is 4.79. The van der Waals surface area contributed by atoms with Crippen LogP contribution < -0.4 is 10.1 Å². The summed E-state index contributed by atoms with van der Waals surface area (Å²) in [4.78, 5) is 27.7. The predicted octanol–water partition coefficient (Wildman–Crippen LogP) is 4.88. The summed E-state index contributed by atoms with van der Waals surface area (Å²) in [7, 11) is 1.60. The molecule has 7 heteroatoms. The van der Waals surface area contributed by atoms with Gasteiger partial charge in [0.2, 0.25) is 11.8 Å². The van der Waals surface area contributed by atoms with Crippen LogP contribution in [0.4, 0.5) is 0 Å². The van der Waals surface area contributed by atoms with Crippen molar-refractivity contribution in [1.29, 1.82) is 0 Å². The van der Waals surface area contributed by atoms with Crippen LogP contribution in [0.5, 0.6) is 5.75 Å². The molecule has 2 rings (SSSR count). The van der Waals surface area contributed by atoms with E-state index in [2.05, 4.69) is 5.32 Å². The van der Waals surface area contributed by atoms with Crippen molar-refractivity contribution < 1.29 is 14.3 Å². The summed E-state index contributed by atoms with van der Waals surface area (Å²) in [5, 5.41) is 3.75. The molecule has 0 saturated heterocycles. The van der Waals surface area contributed by atoms with E-state index in [-0.39, 0.29) is 18.2 Å². The molecule has 1 N–H and O–H groups in total. The van der Waals surface area contributed by atoms with Gasteiger partial charge in [-0.15, -0.1) is 0 Å². The molecule has 2 aromatic carbocycles. The molecule has 0 aromatic heterocycles. The smallest absolute Gasteiger partial charge is 0.242 e. The van der Waals surface area contributed by atoms with Gasteiger partial charge < -0.3 is 15.0 Å². The molecule has 0 heterocycles. The zero-order chi connectivity index (χ0) is 22.1. The molecule has 1 atom stereocenters. The van der Waals surface area contributed by atoms with Crippen molar-refractivity contribution in [1.82, 2.24) is 10.2 Å². The average molecular weight is 451 g/mol. The Morgan fingerprint density at radius 3 is 2.27 bits per heavy atom. The number of nitrogens with one attached hydrogen (secondary N) is 1. The van der Waals surface area contributed by atoms with Crippen LogP contribution in [-0.4, -0.2) is 36.4 Å². The number of benzene rings is 2. The van der Waals surface area contributed by atoms with Crippen LogP contribution in [0.1, 0.15) is 37.8 Å². The van der Waals surface area contributed by atoms with Gasteiger partial charge in [0.25, 0.3) is 0 Å². The summed E-state index contributed by atoms with van der Waals surface area (Å²) in [6.45, 7) is 4.80. The van der Waals surface area contributed by atoms with Crippen molar-refractivity contribution in [3.05, 3.63) is 63.6 Å². The maximum absolute atomic E-state index is 13.3. The van der Waals surface area contributed by atoms with Crippen LogP contribution >= 0.6 is 23.2 Å². The van der Waals surface area contributed by atoms with E-state index in [9.17, 15) is 9.59 Å². The van der Waals surface area contributed by atoms with Gasteiger partial charge in [-0.1, -0.05) is 55.2 Å². The highest BCUT2D eigenvalue weighted by atomic mass is 35.5. The van der Waals surface area contributed by atoms with Gasteiger partial charge in [0, 0.05) is 13.1 Å². The molecule has 0 unspecified atom stereocenters. The molecule has 0 aliphatic rings. The van der Waals surface area contributed by atoms with Crippen LogP contribution in [-0.2, 0) is 22.6 Å². The number of carbonyl (C=O) groups is 2. The summed E-state index contributed by atoms with van der Waals surface area (Å²) >= 11 is 12.1. The first-order chi connectivity index (χ1) is 14.4. The van der Waals surface area contributed by atoms with Crippen LogP contribution in [0, 0.1) is 0 Å². The van der Waals surface area contributed by atoms with E-state index in [1.807, 2.05) is 38.1 Å². The lowest BCUT2D eigenvalue weighted by atomic mass is 10.1. The fourth-order valence-corrected chi connectivity index (χ4v) is 3.46. The van der Waals surface area contributed by atoms with Gasteiger partial charge in [-0.3, -0.25) is 9.59 Å². The van der Waals surface area contributed by atoms with E-state index in [0.717, 1.165) is 23.3 Å². The molecule has 0 radical (unpaired) electrons. The van der Waals surface area contributed by atoms with Crippen LogP contribution in [0.25, 0.3) is 0 Å². The zero-order valence-corrected chi connectivity index (χ0v) is 19.1. The molecule has 0 aliphatic carbocycles. The molecule has 5 nitrogen and oxygen atoms in total. The maximum Gasteiger partial charge on any atom is 0.242 e. The highest BCUT2D eigenvalue weighted by molar-refractivity contribution is 6.42. The highest BCUT2D eigenvalue weighted by Gasteiger charge is 2.28. The second-order valence-electron chi connectivity index (χ2n) is 7.01. The Kier molecular flexibility index (Phi) is 9.47. The summed E-state index contributed by atoms with van der Waals surface area (Å²) in [6.07, 6.45) is 1.47. The van der Waals surface area contributed by atoms with Crippen LogP contribution in [0.15, 0.2) is 42.5 Å². The Balaban J connectivity index is 2.28. The number of rotatable bonds is 10. The average Bonchev–Trinajstić information content (AvgIpc) is 2.75. The summed E-state index contributed by atoms with van der Waals surface area (Å²) in [5.41, 5.74) is 1.66. The van der Waals surface area contributed by atoms with Gasteiger partial charge in [0.05, 0.1) is 23.6 Å². The van der Waals surface area contributed by atoms with E-state index in [1.165, 1.54) is 0 Å². The number of hydrogen-bond acceptors (Lipinski definition) is 3. The molecule has 0 spiro atoms. The lowest BCUT2D eigenvalue weighted by Crippen LogP contribution is -2.49. The Bertz CT molecular complexity index is 856. The number of amides is 2. The van der Waals surface area contributed by atoms with Gasteiger partial charge in [-0.25, -0.2) is 0 Å². The van der Waals surface area contributed by atoms with E-state index < -0.39 is 6.04 Å². The first-order valence-corrected chi connectivity index (χ1v) is 10.8. The van der Waals surface area contributed by atoms with Gasteiger partial charge in [-0.05, 0) is 48.2 Å². The normalized spacial score (nSPS) is 11.6. The Labute approximate surface area is 188 Å². The second kappa shape index (κ2) is 11.8. The van der Waals surface area contributed by atoms with Gasteiger partial charge in [-0.2, -0.15) is 0 Å². The molecular formula is C23H28Cl2N2O3. The molecular weight excluding hydrogens is 423 g/mol. The standard InChI is InChI=1S/C23H28Cl2N2O3/c1-4-12-26-23(29)21(5-2)27(15-16-6-9-18(30-3)10-7-16)22(28)14-17-8-11-19(24)20(25)13-17/h6-11,13,21H,4-5,12,14-15H2,1-3H3,(H,26,29)/t21-/m0/s1. The molecule has 2 amide bonds. The molecule has 30 heavy (non-hydrogen) atoms. The number of methoxy groups -OCH3 is 1. The van der Waals surface area contributed by atoms with Gasteiger partial charge >= 0.3 is 0 Å². The molecule has 0 bridgehead atoms. The van der Waals surface area contributed by atoms with Gasteiger partial charge in [0.15, 0.2) is 0 Å². The van der Waals surface area contributed by atoms with Gasteiger partial charge in [0.1, 0.15) is 11.8 Å². The first kappa shape index (κ1) is 24.0. The second-order valence-corrected chi connectivity index (χ2v) is 7.82. The maximum atomic E-state index is 13.3. The molecule has 2 aromatic rings. The highest BCUT2D eigenvalue weighted by Crippen LogP contribution is 2.24. The third-order valence-corrected chi connectivity index (χ3v) is 5.53. The minimum atomic E-state index is -0.561. The number of carbonyl (C=O) groups excluding carboxylic acids is 2. The predicted molar refractivity (Wildman–Crippen MR) is 121 cm³/mol.